The van der Waals surface area contributed by atoms with E-state index >= 15 is 0 Å². The predicted octanol–water partition coefficient (Wildman–Crippen LogP) is 3.03. The molecule has 3 nitrogen and oxygen atoms in total. The molecular formula is C15H18O3. The van der Waals surface area contributed by atoms with Crippen LogP contribution in [0.3, 0.4) is 0 Å². The third-order valence-electron chi connectivity index (χ3n) is 2.78. The minimum Gasteiger partial charge on any atom is -0.463 e. The first kappa shape index (κ1) is 12.8. The summed E-state index contributed by atoms with van der Waals surface area (Å²) < 4.78 is 10.5. The van der Waals surface area contributed by atoms with Gasteiger partial charge in [0.15, 0.2) is 6.10 Å². The molecule has 0 aliphatic carbocycles. The van der Waals surface area contributed by atoms with Crippen LogP contribution in [0.15, 0.2) is 42.5 Å². The lowest BCUT2D eigenvalue weighted by atomic mass is 10.1. The Morgan fingerprint density at radius 3 is 2.83 bits per heavy atom. The van der Waals surface area contributed by atoms with Crippen molar-refractivity contribution in [3.63, 3.8) is 0 Å². The summed E-state index contributed by atoms with van der Waals surface area (Å²) in [6, 6.07) is 9.74. The average Bonchev–Trinajstić information content (AvgIpc) is 3.20. The van der Waals surface area contributed by atoms with Crippen LogP contribution in [0.2, 0.25) is 0 Å². The average molecular weight is 246 g/mol. The molecule has 3 heteroatoms. The maximum atomic E-state index is 11.7. The fourth-order valence-electron chi connectivity index (χ4n) is 1.78. The number of rotatable bonds is 6. The van der Waals surface area contributed by atoms with Crippen LogP contribution in [0.25, 0.3) is 0 Å². The summed E-state index contributed by atoms with van der Waals surface area (Å²) in [7, 11) is 0. The smallest absolute Gasteiger partial charge is 0.338 e. The van der Waals surface area contributed by atoms with Gasteiger partial charge in [-0.1, -0.05) is 49.4 Å². The zero-order chi connectivity index (χ0) is 12.8. The van der Waals surface area contributed by atoms with Crippen molar-refractivity contribution >= 4 is 5.97 Å². The first-order valence-corrected chi connectivity index (χ1v) is 6.35. The molecule has 1 heterocycles. The van der Waals surface area contributed by atoms with Crippen LogP contribution in [0, 0.1) is 0 Å². The molecule has 0 unspecified atom stereocenters. The van der Waals surface area contributed by atoms with E-state index in [1.54, 1.807) is 0 Å². The predicted molar refractivity (Wildman–Crippen MR) is 69.1 cm³/mol. The number of hydrogen-bond donors (Lipinski definition) is 0. The molecule has 1 aromatic rings. The van der Waals surface area contributed by atoms with Gasteiger partial charge in [0.05, 0.1) is 6.61 Å². The molecule has 1 aliphatic heterocycles. The Labute approximate surface area is 107 Å². The molecule has 0 bridgehead atoms. The second kappa shape index (κ2) is 6.36. The molecule has 2 rings (SSSR count). The number of ether oxygens (including phenoxy) is 2. The number of hydrogen-bond acceptors (Lipinski definition) is 3. The fourth-order valence-corrected chi connectivity index (χ4v) is 1.78. The normalized spacial score (nSPS) is 22.1. The van der Waals surface area contributed by atoms with Crippen molar-refractivity contribution in [3.05, 3.63) is 48.0 Å². The van der Waals surface area contributed by atoms with Crippen LogP contribution >= 0.6 is 0 Å². The third kappa shape index (κ3) is 3.44. The van der Waals surface area contributed by atoms with Crippen LogP contribution < -0.4 is 0 Å². The van der Waals surface area contributed by atoms with E-state index in [1.807, 2.05) is 36.4 Å². The number of benzene rings is 1. The maximum Gasteiger partial charge on any atom is 0.338 e. The Morgan fingerprint density at radius 1 is 1.33 bits per heavy atom. The van der Waals surface area contributed by atoms with Crippen LogP contribution in [0.5, 0.6) is 0 Å². The van der Waals surface area contributed by atoms with Gasteiger partial charge in [0.2, 0.25) is 0 Å². The number of allylic oxidation sites excluding steroid dienone is 1. The van der Waals surface area contributed by atoms with Crippen molar-refractivity contribution in [2.45, 2.75) is 32.0 Å². The fraction of sp³-hybridized carbons (Fsp3) is 0.400. The summed E-state index contributed by atoms with van der Waals surface area (Å²) in [5, 5.41) is 0. The zero-order valence-corrected chi connectivity index (χ0v) is 10.5. The highest BCUT2D eigenvalue weighted by atomic mass is 16.6. The highest BCUT2D eigenvalue weighted by molar-refractivity contribution is 5.78. The molecule has 0 N–H and O–H groups in total. The molecule has 0 spiro atoms. The maximum absolute atomic E-state index is 11.7. The number of carbonyl (C=O) groups is 1. The molecule has 0 saturated carbocycles. The van der Waals surface area contributed by atoms with Crippen LogP contribution in [0.1, 0.15) is 31.4 Å². The lowest BCUT2D eigenvalue weighted by Crippen LogP contribution is -2.12. The van der Waals surface area contributed by atoms with Crippen molar-refractivity contribution in [1.82, 2.24) is 0 Å². The lowest BCUT2D eigenvalue weighted by Gasteiger charge is -2.00. The van der Waals surface area contributed by atoms with Gasteiger partial charge in [-0.25, -0.2) is 4.79 Å². The molecule has 18 heavy (non-hydrogen) atoms. The minimum atomic E-state index is -0.414. The topological polar surface area (TPSA) is 38.8 Å². The lowest BCUT2D eigenvalue weighted by molar-refractivity contribution is -0.144. The molecule has 1 aliphatic rings. The summed E-state index contributed by atoms with van der Waals surface area (Å²) in [6.07, 6.45) is 5.33. The first-order chi connectivity index (χ1) is 8.83. The number of epoxide rings is 1. The third-order valence-corrected chi connectivity index (χ3v) is 2.78. The van der Waals surface area contributed by atoms with E-state index in [4.69, 9.17) is 9.47 Å². The molecule has 0 amide bonds. The highest BCUT2D eigenvalue weighted by Gasteiger charge is 2.47. The van der Waals surface area contributed by atoms with E-state index in [-0.39, 0.29) is 12.1 Å². The van der Waals surface area contributed by atoms with Crippen molar-refractivity contribution in [2.24, 2.45) is 0 Å². The molecule has 1 aromatic carbocycles. The van der Waals surface area contributed by atoms with Crippen LogP contribution in [-0.4, -0.2) is 18.7 Å². The van der Waals surface area contributed by atoms with E-state index in [2.05, 4.69) is 13.0 Å². The summed E-state index contributed by atoms with van der Waals surface area (Å²) in [4.78, 5) is 11.7. The van der Waals surface area contributed by atoms with Crippen molar-refractivity contribution in [1.29, 1.82) is 0 Å². The largest absolute Gasteiger partial charge is 0.463 e. The van der Waals surface area contributed by atoms with E-state index < -0.39 is 6.10 Å². The Bertz CT molecular complexity index is 411. The molecule has 2 atom stereocenters. The quantitative estimate of drug-likeness (QED) is 0.335. The van der Waals surface area contributed by atoms with Gasteiger partial charge in [0.25, 0.3) is 0 Å². The number of esters is 1. The van der Waals surface area contributed by atoms with Crippen LogP contribution in [-0.2, 0) is 14.3 Å². The number of carbonyl (C=O) groups excluding carboxylic acids is 1. The van der Waals surface area contributed by atoms with Crippen molar-refractivity contribution in [3.8, 4) is 0 Å². The van der Waals surface area contributed by atoms with Gasteiger partial charge < -0.3 is 9.47 Å². The summed E-state index contributed by atoms with van der Waals surface area (Å²) >= 11 is 0. The van der Waals surface area contributed by atoms with E-state index in [0.717, 1.165) is 18.4 Å². The van der Waals surface area contributed by atoms with E-state index in [0.29, 0.717) is 6.61 Å². The molecule has 0 radical (unpaired) electrons. The van der Waals surface area contributed by atoms with Gasteiger partial charge in [-0.15, -0.1) is 0 Å². The molecule has 96 valence electrons. The Kier molecular flexibility index (Phi) is 4.53. The second-order valence-corrected chi connectivity index (χ2v) is 4.22. The van der Waals surface area contributed by atoms with Gasteiger partial charge in [-0.2, -0.15) is 0 Å². The SMILES string of the molecule is CC/C=C\CCOC(=O)[C@H]1O[C@H]1c1ccccc1. The van der Waals surface area contributed by atoms with Gasteiger partial charge in [0.1, 0.15) is 6.10 Å². The first-order valence-electron chi connectivity index (χ1n) is 6.35. The van der Waals surface area contributed by atoms with Gasteiger partial charge >= 0.3 is 5.97 Å². The van der Waals surface area contributed by atoms with Gasteiger partial charge in [0, 0.05) is 0 Å². The van der Waals surface area contributed by atoms with E-state index in [1.165, 1.54) is 0 Å². The minimum absolute atomic E-state index is 0.120. The molecule has 0 aromatic heterocycles. The van der Waals surface area contributed by atoms with Crippen LogP contribution in [0.4, 0.5) is 0 Å². The second-order valence-electron chi connectivity index (χ2n) is 4.22. The molecule has 1 fully saturated rings. The summed E-state index contributed by atoms with van der Waals surface area (Å²) in [6.45, 7) is 2.50. The van der Waals surface area contributed by atoms with Crippen molar-refractivity contribution in [2.75, 3.05) is 6.61 Å². The molecule has 1 saturated heterocycles. The zero-order valence-electron chi connectivity index (χ0n) is 10.5. The molecular weight excluding hydrogens is 228 g/mol. The van der Waals surface area contributed by atoms with Gasteiger partial charge in [-0.05, 0) is 18.4 Å². The summed E-state index contributed by atoms with van der Waals surface area (Å²) in [5.74, 6) is -0.256. The monoisotopic (exact) mass is 246 g/mol. The Hall–Kier alpha value is -1.61. The van der Waals surface area contributed by atoms with Gasteiger partial charge in [-0.3, -0.25) is 0 Å². The Balaban J connectivity index is 1.71. The van der Waals surface area contributed by atoms with Crippen molar-refractivity contribution < 1.29 is 14.3 Å². The highest BCUT2D eigenvalue weighted by Crippen LogP contribution is 2.39. The Morgan fingerprint density at radius 2 is 2.11 bits per heavy atom. The summed E-state index contributed by atoms with van der Waals surface area (Å²) in [5.41, 5.74) is 1.03. The van der Waals surface area contributed by atoms with E-state index in [9.17, 15) is 4.79 Å². The standard InChI is InChI=1S/C15H18O3/c1-2-3-4-8-11-17-15(16)14-13(18-14)12-9-6-5-7-10-12/h3-7,9-10,13-14H,2,8,11H2,1H3/b4-3-/t13-,14-/m0/s1.